The van der Waals surface area contributed by atoms with Gasteiger partial charge in [-0.2, -0.15) is 0 Å². The molecule has 0 aromatic heterocycles. The largest absolute Gasteiger partial charge is 0.494 e. The molecule has 0 N–H and O–H groups in total. The van der Waals surface area contributed by atoms with Crippen molar-refractivity contribution in [3.63, 3.8) is 0 Å². The molecule has 0 aliphatic heterocycles. The zero-order valence-electron chi connectivity index (χ0n) is 11.2. The van der Waals surface area contributed by atoms with Crippen molar-refractivity contribution in [1.29, 1.82) is 0 Å². The van der Waals surface area contributed by atoms with Gasteiger partial charge in [0.05, 0.1) is 12.2 Å². The second-order valence-electron chi connectivity index (χ2n) is 4.33. The van der Waals surface area contributed by atoms with Crippen molar-refractivity contribution < 1.29 is 18.3 Å². The van der Waals surface area contributed by atoms with Crippen LogP contribution in [0.4, 0.5) is 8.78 Å². The number of ketones is 1. The number of carbonyl (C=O) groups is 1. The van der Waals surface area contributed by atoms with Gasteiger partial charge < -0.3 is 4.74 Å². The first-order chi connectivity index (χ1) is 9.52. The fraction of sp³-hybridized carbons (Fsp3) is 0.188. The van der Waals surface area contributed by atoms with E-state index in [0.29, 0.717) is 23.5 Å². The van der Waals surface area contributed by atoms with Gasteiger partial charge in [0, 0.05) is 0 Å². The van der Waals surface area contributed by atoms with E-state index in [1.807, 2.05) is 6.92 Å². The molecule has 0 unspecified atom stereocenters. The van der Waals surface area contributed by atoms with E-state index in [9.17, 15) is 13.6 Å². The number of benzene rings is 2. The second-order valence-corrected chi connectivity index (χ2v) is 4.33. The molecule has 0 bridgehead atoms. The van der Waals surface area contributed by atoms with E-state index in [1.54, 1.807) is 24.3 Å². The maximum Gasteiger partial charge on any atom is 0.165 e. The lowest BCUT2D eigenvalue weighted by molar-refractivity contribution is 0.101. The highest BCUT2D eigenvalue weighted by atomic mass is 19.1. The Hall–Kier alpha value is -2.23. The van der Waals surface area contributed by atoms with Crippen molar-refractivity contribution in [2.45, 2.75) is 13.8 Å². The Balaban J connectivity index is 2.48. The average molecular weight is 276 g/mol. The molecule has 0 aliphatic carbocycles. The molecule has 0 aliphatic rings. The van der Waals surface area contributed by atoms with Crippen LogP contribution in [-0.4, -0.2) is 12.4 Å². The van der Waals surface area contributed by atoms with Crippen LogP contribution >= 0.6 is 0 Å². The number of hydrogen-bond donors (Lipinski definition) is 0. The first-order valence-corrected chi connectivity index (χ1v) is 6.26. The molecule has 0 atom stereocenters. The molecule has 20 heavy (non-hydrogen) atoms. The molecule has 104 valence electrons. The fourth-order valence-corrected chi connectivity index (χ4v) is 2.01. The number of hydrogen-bond acceptors (Lipinski definition) is 2. The third-order valence-electron chi connectivity index (χ3n) is 2.87. The summed E-state index contributed by atoms with van der Waals surface area (Å²) in [5, 5.41) is 0. The molecule has 0 spiro atoms. The van der Waals surface area contributed by atoms with Gasteiger partial charge in [0.2, 0.25) is 0 Å². The summed E-state index contributed by atoms with van der Waals surface area (Å²) in [6, 6.07) is 9.25. The van der Waals surface area contributed by atoms with Crippen molar-refractivity contribution in [2.75, 3.05) is 6.61 Å². The summed E-state index contributed by atoms with van der Waals surface area (Å²) in [7, 11) is 0. The lowest BCUT2D eigenvalue weighted by Gasteiger charge is -2.08. The topological polar surface area (TPSA) is 26.3 Å². The number of carbonyl (C=O) groups excluding carboxylic acids is 1. The summed E-state index contributed by atoms with van der Waals surface area (Å²) in [5.41, 5.74) is 0.491. The zero-order chi connectivity index (χ0) is 14.7. The summed E-state index contributed by atoms with van der Waals surface area (Å²) >= 11 is 0. The summed E-state index contributed by atoms with van der Waals surface area (Å²) in [6.07, 6.45) is 0. The van der Waals surface area contributed by atoms with Gasteiger partial charge in [-0.15, -0.1) is 0 Å². The summed E-state index contributed by atoms with van der Waals surface area (Å²) in [5.74, 6) is -1.71. The summed E-state index contributed by atoms with van der Waals surface area (Å²) in [6.45, 7) is 3.50. The molecule has 2 rings (SSSR count). The number of rotatable bonds is 4. The average Bonchev–Trinajstić information content (AvgIpc) is 2.38. The van der Waals surface area contributed by atoms with Gasteiger partial charge in [0.25, 0.3) is 0 Å². The van der Waals surface area contributed by atoms with Crippen molar-refractivity contribution in [1.82, 2.24) is 0 Å². The highest BCUT2D eigenvalue weighted by Crippen LogP contribution is 2.27. The predicted octanol–water partition coefficient (Wildman–Crippen LogP) is 4.23. The van der Waals surface area contributed by atoms with Gasteiger partial charge >= 0.3 is 0 Å². The Labute approximate surface area is 116 Å². The molecule has 0 fully saturated rings. The highest BCUT2D eigenvalue weighted by Gasteiger charge is 2.15. The van der Waals surface area contributed by atoms with Gasteiger partial charge in [-0.1, -0.05) is 12.1 Å². The quantitative estimate of drug-likeness (QED) is 0.781. The van der Waals surface area contributed by atoms with Crippen molar-refractivity contribution in [2.24, 2.45) is 0 Å². The standard InChI is InChI=1S/C16H14F2O2/c1-3-20-13-6-4-5-11(7-13)12-8-14(17)16(10(2)19)15(18)9-12/h4-9H,3H2,1-2H3. The molecule has 4 heteroatoms. The van der Waals surface area contributed by atoms with Crippen LogP contribution in [0.5, 0.6) is 5.75 Å². The van der Waals surface area contributed by atoms with Crippen LogP contribution in [0.2, 0.25) is 0 Å². The van der Waals surface area contributed by atoms with E-state index < -0.39 is 23.0 Å². The third-order valence-corrected chi connectivity index (χ3v) is 2.87. The zero-order valence-corrected chi connectivity index (χ0v) is 11.2. The van der Waals surface area contributed by atoms with Crippen LogP contribution in [0.1, 0.15) is 24.2 Å². The van der Waals surface area contributed by atoms with Crippen LogP contribution in [0.3, 0.4) is 0 Å². The van der Waals surface area contributed by atoms with E-state index in [0.717, 1.165) is 19.1 Å². The number of halogens is 2. The monoisotopic (exact) mass is 276 g/mol. The van der Waals surface area contributed by atoms with Crippen LogP contribution in [0, 0.1) is 11.6 Å². The minimum Gasteiger partial charge on any atom is -0.494 e. The molecule has 0 radical (unpaired) electrons. The van der Waals surface area contributed by atoms with Crippen LogP contribution in [-0.2, 0) is 0 Å². The first kappa shape index (κ1) is 14.2. The Morgan fingerprint density at radius 3 is 2.30 bits per heavy atom. The molecular formula is C16H14F2O2. The van der Waals surface area contributed by atoms with Crippen LogP contribution in [0.15, 0.2) is 36.4 Å². The van der Waals surface area contributed by atoms with Crippen LogP contribution in [0.25, 0.3) is 11.1 Å². The number of ether oxygens (including phenoxy) is 1. The minimum absolute atomic E-state index is 0.367. The maximum atomic E-state index is 13.8. The van der Waals surface area contributed by atoms with E-state index in [1.165, 1.54) is 0 Å². The van der Waals surface area contributed by atoms with Gasteiger partial charge in [0.1, 0.15) is 17.4 Å². The van der Waals surface area contributed by atoms with Gasteiger partial charge in [-0.3, -0.25) is 4.79 Å². The Morgan fingerprint density at radius 1 is 1.10 bits per heavy atom. The summed E-state index contributed by atoms with van der Waals surface area (Å²) in [4.78, 5) is 11.2. The Kier molecular flexibility index (Phi) is 4.13. The SMILES string of the molecule is CCOc1cccc(-c2cc(F)c(C(C)=O)c(F)c2)c1. The number of Topliss-reactive ketones (excluding diaryl/α,β-unsaturated/α-hetero) is 1. The van der Waals surface area contributed by atoms with E-state index in [-0.39, 0.29) is 0 Å². The molecule has 2 aromatic carbocycles. The second kappa shape index (κ2) is 5.82. The highest BCUT2D eigenvalue weighted by molar-refractivity contribution is 5.95. The normalized spacial score (nSPS) is 10.4. The van der Waals surface area contributed by atoms with Crippen molar-refractivity contribution >= 4 is 5.78 Å². The molecule has 0 saturated heterocycles. The smallest absolute Gasteiger partial charge is 0.165 e. The third kappa shape index (κ3) is 2.85. The molecule has 2 aromatic rings. The fourth-order valence-electron chi connectivity index (χ4n) is 2.01. The molecule has 0 heterocycles. The van der Waals surface area contributed by atoms with Crippen molar-refractivity contribution in [3.8, 4) is 16.9 Å². The summed E-state index contributed by atoms with van der Waals surface area (Å²) < 4.78 is 33.0. The van der Waals surface area contributed by atoms with Gasteiger partial charge in [0.15, 0.2) is 5.78 Å². The van der Waals surface area contributed by atoms with E-state index in [2.05, 4.69) is 0 Å². The lowest BCUT2D eigenvalue weighted by Crippen LogP contribution is -2.02. The molecule has 2 nitrogen and oxygen atoms in total. The van der Waals surface area contributed by atoms with E-state index >= 15 is 0 Å². The maximum absolute atomic E-state index is 13.8. The minimum atomic E-state index is -0.852. The lowest BCUT2D eigenvalue weighted by atomic mass is 10.0. The van der Waals surface area contributed by atoms with Crippen LogP contribution < -0.4 is 4.74 Å². The Morgan fingerprint density at radius 2 is 1.75 bits per heavy atom. The van der Waals surface area contributed by atoms with Crippen molar-refractivity contribution in [3.05, 3.63) is 53.6 Å². The van der Waals surface area contributed by atoms with Gasteiger partial charge in [-0.05, 0) is 49.2 Å². The molecular weight excluding hydrogens is 262 g/mol. The Bertz CT molecular complexity index is 628. The predicted molar refractivity (Wildman–Crippen MR) is 73.0 cm³/mol. The molecule has 0 saturated carbocycles. The van der Waals surface area contributed by atoms with E-state index in [4.69, 9.17) is 4.74 Å². The molecule has 0 amide bonds. The van der Waals surface area contributed by atoms with Gasteiger partial charge in [-0.25, -0.2) is 8.78 Å². The first-order valence-electron chi connectivity index (χ1n) is 6.26.